The van der Waals surface area contributed by atoms with E-state index in [0.717, 1.165) is 10.2 Å². The molecule has 1 aliphatic carbocycles. The van der Waals surface area contributed by atoms with Crippen LogP contribution < -0.4 is 10.6 Å². The van der Waals surface area contributed by atoms with Crippen molar-refractivity contribution in [2.24, 2.45) is 5.92 Å². The summed E-state index contributed by atoms with van der Waals surface area (Å²) in [7, 11) is 0. The van der Waals surface area contributed by atoms with Gasteiger partial charge in [-0.2, -0.15) is 4.98 Å². The van der Waals surface area contributed by atoms with Gasteiger partial charge in [0, 0.05) is 19.1 Å². The maximum absolute atomic E-state index is 13.5. The van der Waals surface area contributed by atoms with Gasteiger partial charge in [-0.25, -0.2) is 14.4 Å². The summed E-state index contributed by atoms with van der Waals surface area (Å²) in [5, 5.41) is 37.4. The molecular weight excluding hydrogens is 493 g/mol. The van der Waals surface area contributed by atoms with Gasteiger partial charge in [-0.3, -0.25) is 0 Å². The summed E-state index contributed by atoms with van der Waals surface area (Å²) >= 11 is 8.06. The Labute approximate surface area is 209 Å². The highest BCUT2D eigenvalue weighted by Gasteiger charge is 2.41. The number of nitrogens with one attached hydrogen (secondary N) is 2. The highest BCUT2D eigenvalue weighted by molar-refractivity contribution is 7.21. The van der Waals surface area contributed by atoms with Gasteiger partial charge in [-0.15, -0.1) is 11.3 Å². The third kappa shape index (κ3) is 4.93. The van der Waals surface area contributed by atoms with Crippen molar-refractivity contribution in [2.75, 3.05) is 17.2 Å². The first-order valence-electron chi connectivity index (χ1n) is 11.1. The fraction of sp³-hybridized carbons (Fsp3) is 0.292. The Balaban J connectivity index is 1.51. The maximum Gasteiger partial charge on any atom is 0.226 e. The largest absolute Gasteiger partial charge is 0.396 e. The van der Waals surface area contributed by atoms with E-state index in [4.69, 9.17) is 11.6 Å². The van der Waals surface area contributed by atoms with Crippen LogP contribution >= 0.6 is 22.9 Å². The predicted molar refractivity (Wildman–Crippen MR) is 134 cm³/mol. The molecule has 11 heteroatoms. The molecule has 2 heterocycles. The standard InChI is InChI=1S/C24H23ClFN5O3S/c25-21-18(23-29-15-6-1-2-7-17(15)35-23)22(28-16-9-13(11-32)19(33)20(16)34)31-24(30-21)27-10-12-4-3-5-14(26)8-12/h1-8,13,16,19-20,32-34H,9-11H2,(H2,27,28,30,31)/t13-,16-,19-,20+/m1/s1. The topological polar surface area (TPSA) is 123 Å². The molecular formula is C24H23ClFN5O3S. The van der Waals surface area contributed by atoms with Crippen LogP contribution in [0.25, 0.3) is 20.8 Å². The van der Waals surface area contributed by atoms with E-state index >= 15 is 0 Å². The lowest BCUT2D eigenvalue weighted by Crippen LogP contribution is -2.35. The molecule has 0 aliphatic heterocycles. The van der Waals surface area contributed by atoms with Crippen molar-refractivity contribution in [3.05, 3.63) is 65.1 Å². The summed E-state index contributed by atoms with van der Waals surface area (Å²) in [4.78, 5) is 13.7. The van der Waals surface area contributed by atoms with Gasteiger partial charge in [-0.05, 0) is 36.2 Å². The normalized spacial score (nSPS) is 22.0. The zero-order valence-corrected chi connectivity index (χ0v) is 20.0. The molecule has 0 spiro atoms. The first-order valence-corrected chi connectivity index (χ1v) is 12.3. The number of aliphatic hydroxyl groups excluding tert-OH is 3. The van der Waals surface area contributed by atoms with Crippen LogP contribution in [-0.4, -0.2) is 55.1 Å². The minimum Gasteiger partial charge on any atom is -0.396 e. The number of fused-ring (bicyclic) bond motifs is 1. The molecule has 5 N–H and O–H groups in total. The van der Waals surface area contributed by atoms with Crippen LogP contribution in [-0.2, 0) is 6.54 Å². The van der Waals surface area contributed by atoms with Crippen molar-refractivity contribution < 1.29 is 19.7 Å². The second-order valence-electron chi connectivity index (χ2n) is 8.44. The Morgan fingerprint density at radius 3 is 2.63 bits per heavy atom. The second-order valence-corrected chi connectivity index (χ2v) is 9.83. The van der Waals surface area contributed by atoms with Gasteiger partial charge in [0.25, 0.3) is 0 Å². The number of halogens is 2. The summed E-state index contributed by atoms with van der Waals surface area (Å²) in [6.45, 7) is 0.0253. The molecule has 4 atom stereocenters. The Bertz CT molecular complexity index is 1320. The molecule has 1 saturated carbocycles. The van der Waals surface area contributed by atoms with E-state index in [0.29, 0.717) is 28.4 Å². The van der Waals surface area contributed by atoms with Gasteiger partial charge < -0.3 is 26.0 Å². The number of para-hydroxylation sites is 1. The summed E-state index contributed by atoms with van der Waals surface area (Å²) in [6, 6.07) is 13.3. The lowest BCUT2D eigenvalue weighted by atomic mass is 10.1. The van der Waals surface area contributed by atoms with Crippen molar-refractivity contribution in [1.82, 2.24) is 15.0 Å². The number of hydrogen-bond donors (Lipinski definition) is 5. The minimum atomic E-state index is -1.10. The smallest absolute Gasteiger partial charge is 0.226 e. The van der Waals surface area contributed by atoms with Gasteiger partial charge in [0.1, 0.15) is 27.9 Å². The molecule has 0 amide bonds. The number of nitrogens with zero attached hydrogens (tertiary/aromatic N) is 3. The van der Waals surface area contributed by atoms with E-state index in [-0.39, 0.29) is 30.1 Å². The average molecular weight is 516 g/mol. The molecule has 2 aromatic heterocycles. The number of rotatable bonds is 7. The first kappa shape index (κ1) is 23.8. The third-order valence-electron chi connectivity index (χ3n) is 6.07. The Hall–Kier alpha value is -2.89. The van der Waals surface area contributed by atoms with Gasteiger partial charge in [0.05, 0.1) is 27.9 Å². The van der Waals surface area contributed by atoms with Crippen molar-refractivity contribution in [3.8, 4) is 10.6 Å². The first-order chi connectivity index (χ1) is 16.9. The van der Waals surface area contributed by atoms with Crippen molar-refractivity contribution in [2.45, 2.75) is 31.2 Å². The molecule has 35 heavy (non-hydrogen) atoms. The second kappa shape index (κ2) is 10.00. The van der Waals surface area contributed by atoms with Crippen LogP contribution in [0.2, 0.25) is 5.15 Å². The van der Waals surface area contributed by atoms with Crippen LogP contribution in [0.3, 0.4) is 0 Å². The molecule has 4 aromatic rings. The van der Waals surface area contributed by atoms with Crippen LogP contribution in [0.4, 0.5) is 16.2 Å². The SMILES string of the molecule is OC[C@H]1C[C@@H](Nc2nc(NCc3cccc(F)c3)nc(Cl)c2-c2nc3ccccc3s2)[C@H](O)[C@@H]1O. The monoisotopic (exact) mass is 515 g/mol. The highest BCUT2D eigenvalue weighted by atomic mass is 35.5. The maximum atomic E-state index is 13.5. The van der Waals surface area contributed by atoms with Crippen LogP contribution in [0, 0.1) is 11.7 Å². The van der Waals surface area contributed by atoms with Gasteiger partial charge in [0.15, 0.2) is 0 Å². The molecule has 0 radical (unpaired) electrons. The van der Waals surface area contributed by atoms with Gasteiger partial charge >= 0.3 is 0 Å². The highest BCUT2D eigenvalue weighted by Crippen LogP contribution is 2.40. The Kier molecular flexibility index (Phi) is 6.81. The third-order valence-corrected chi connectivity index (χ3v) is 7.40. The molecule has 1 fully saturated rings. The average Bonchev–Trinajstić information content (AvgIpc) is 3.38. The van der Waals surface area contributed by atoms with Crippen molar-refractivity contribution >= 4 is 44.9 Å². The Morgan fingerprint density at radius 2 is 1.89 bits per heavy atom. The van der Waals surface area contributed by atoms with E-state index in [2.05, 4.69) is 25.6 Å². The van der Waals surface area contributed by atoms with E-state index in [1.165, 1.54) is 23.5 Å². The van der Waals surface area contributed by atoms with E-state index in [9.17, 15) is 19.7 Å². The van der Waals surface area contributed by atoms with Gasteiger partial charge in [0.2, 0.25) is 5.95 Å². The number of aromatic nitrogens is 3. The van der Waals surface area contributed by atoms with Crippen LogP contribution in [0.5, 0.6) is 0 Å². The minimum absolute atomic E-state index is 0.148. The number of hydrogen-bond acceptors (Lipinski definition) is 9. The predicted octanol–water partition coefficient (Wildman–Crippen LogP) is 3.67. The molecule has 1 aliphatic rings. The van der Waals surface area contributed by atoms with E-state index in [1.54, 1.807) is 12.1 Å². The summed E-state index contributed by atoms with van der Waals surface area (Å²) in [5.74, 6) is -0.265. The zero-order valence-electron chi connectivity index (χ0n) is 18.4. The molecule has 182 valence electrons. The lowest BCUT2D eigenvalue weighted by Gasteiger charge is -2.21. The fourth-order valence-electron chi connectivity index (χ4n) is 4.24. The van der Waals surface area contributed by atoms with E-state index in [1.807, 2.05) is 24.3 Å². The quantitative estimate of drug-likeness (QED) is 0.236. The molecule has 0 unspecified atom stereocenters. The molecule has 0 bridgehead atoms. The molecule has 5 rings (SSSR count). The van der Waals surface area contributed by atoms with E-state index < -0.39 is 24.2 Å². The summed E-state index contributed by atoms with van der Waals surface area (Å²) in [6.07, 6.45) is -1.83. The van der Waals surface area contributed by atoms with Crippen LogP contribution in [0.1, 0.15) is 12.0 Å². The lowest BCUT2D eigenvalue weighted by molar-refractivity contribution is 0.00446. The van der Waals surface area contributed by atoms with Crippen LogP contribution in [0.15, 0.2) is 48.5 Å². The summed E-state index contributed by atoms with van der Waals surface area (Å²) < 4.78 is 14.5. The number of anilines is 2. The number of aliphatic hydroxyl groups is 3. The molecule has 0 saturated heterocycles. The number of thiazole rings is 1. The summed E-state index contributed by atoms with van der Waals surface area (Å²) in [5.41, 5.74) is 1.98. The molecule has 2 aromatic carbocycles. The zero-order chi connectivity index (χ0) is 24.5. The van der Waals surface area contributed by atoms with Gasteiger partial charge in [-0.1, -0.05) is 35.9 Å². The van der Waals surface area contributed by atoms with Crippen molar-refractivity contribution in [3.63, 3.8) is 0 Å². The number of benzene rings is 2. The molecule has 8 nitrogen and oxygen atoms in total. The Morgan fingerprint density at radius 1 is 1.06 bits per heavy atom. The van der Waals surface area contributed by atoms with Crippen molar-refractivity contribution in [1.29, 1.82) is 0 Å². The fourth-order valence-corrected chi connectivity index (χ4v) is 5.57.